The third kappa shape index (κ3) is 7.62. The summed E-state index contributed by atoms with van der Waals surface area (Å²) in [4.78, 5) is 12.3. The van der Waals surface area contributed by atoms with E-state index in [0.29, 0.717) is 6.42 Å². The molecule has 0 aromatic heterocycles. The number of carbonyl (C=O) groups excluding carboxylic acids is 1. The largest absolute Gasteiger partial charge is 0.393 e. The van der Waals surface area contributed by atoms with E-state index in [2.05, 4.69) is 26.1 Å². The molecule has 0 spiro atoms. The maximum Gasteiger partial charge on any atom is 0.223 e. The summed E-state index contributed by atoms with van der Waals surface area (Å²) >= 11 is 0. The van der Waals surface area contributed by atoms with Gasteiger partial charge < -0.3 is 10.4 Å². The van der Waals surface area contributed by atoms with E-state index in [0.717, 1.165) is 38.1 Å². The van der Waals surface area contributed by atoms with E-state index < -0.39 is 0 Å². The first-order chi connectivity index (χ1) is 10.5. The fourth-order valence-corrected chi connectivity index (χ4v) is 3.52. The monoisotopic (exact) mass is 311 g/mol. The van der Waals surface area contributed by atoms with Crippen molar-refractivity contribution in [2.24, 2.45) is 17.8 Å². The van der Waals surface area contributed by atoms with Gasteiger partial charge in [0.2, 0.25) is 5.91 Å². The molecule has 1 rings (SSSR count). The summed E-state index contributed by atoms with van der Waals surface area (Å²) < 4.78 is 0. The first-order valence-corrected chi connectivity index (χ1v) is 9.50. The van der Waals surface area contributed by atoms with E-state index in [1.165, 1.54) is 32.1 Å². The van der Waals surface area contributed by atoms with Crippen LogP contribution in [0.15, 0.2) is 0 Å². The first kappa shape index (κ1) is 19.5. The van der Waals surface area contributed by atoms with Crippen LogP contribution in [0, 0.1) is 17.8 Å². The lowest BCUT2D eigenvalue weighted by Crippen LogP contribution is -2.36. The van der Waals surface area contributed by atoms with Gasteiger partial charge in [-0.3, -0.25) is 4.79 Å². The average Bonchev–Trinajstić information content (AvgIpc) is 2.51. The number of aliphatic hydroxyl groups excluding tert-OH is 1. The zero-order valence-electron chi connectivity index (χ0n) is 14.9. The van der Waals surface area contributed by atoms with Crippen molar-refractivity contribution in [2.45, 2.75) is 91.1 Å². The van der Waals surface area contributed by atoms with Crippen LogP contribution in [0.3, 0.4) is 0 Å². The van der Waals surface area contributed by atoms with Crippen LogP contribution in [0.5, 0.6) is 0 Å². The Bertz CT molecular complexity index is 298. The Hall–Kier alpha value is -0.570. The second-order valence-electron chi connectivity index (χ2n) is 7.47. The maximum absolute atomic E-state index is 12.3. The van der Waals surface area contributed by atoms with Crippen LogP contribution in [0.1, 0.15) is 85.0 Å². The zero-order chi connectivity index (χ0) is 16.4. The summed E-state index contributed by atoms with van der Waals surface area (Å²) in [6.07, 6.45) is 11.2. The van der Waals surface area contributed by atoms with Gasteiger partial charge in [0.1, 0.15) is 0 Å². The summed E-state index contributed by atoms with van der Waals surface area (Å²) in [6, 6.07) is 0. The number of hydrogen-bond donors (Lipinski definition) is 2. The quantitative estimate of drug-likeness (QED) is 0.591. The topological polar surface area (TPSA) is 49.3 Å². The van der Waals surface area contributed by atoms with Crippen molar-refractivity contribution in [2.75, 3.05) is 6.54 Å². The molecule has 22 heavy (non-hydrogen) atoms. The molecule has 0 radical (unpaired) electrons. The van der Waals surface area contributed by atoms with E-state index in [4.69, 9.17) is 0 Å². The predicted octanol–water partition coefficient (Wildman–Crippen LogP) is 4.29. The number of rotatable bonds is 10. The van der Waals surface area contributed by atoms with Crippen LogP contribution in [0.4, 0.5) is 0 Å². The van der Waals surface area contributed by atoms with E-state index >= 15 is 0 Å². The summed E-state index contributed by atoms with van der Waals surface area (Å²) in [6.45, 7) is 7.05. The third-order valence-corrected chi connectivity index (χ3v) is 5.13. The number of amides is 1. The normalized spacial score (nSPS) is 19.1. The van der Waals surface area contributed by atoms with Gasteiger partial charge in [-0.2, -0.15) is 0 Å². The van der Waals surface area contributed by atoms with E-state index in [1.54, 1.807) is 0 Å². The Morgan fingerprint density at radius 1 is 1.23 bits per heavy atom. The smallest absolute Gasteiger partial charge is 0.223 e. The molecule has 1 saturated carbocycles. The van der Waals surface area contributed by atoms with Crippen LogP contribution in [0.25, 0.3) is 0 Å². The molecule has 3 heteroatoms. The van der Waals surface area contributed by atoms with Crippen molar-refractivity contribution in [1.82, 2.24) is 5.32 Å². The predicted molar refractivity (Wildman–Crippen MR) is 92.7 cm³/mol. The summed E-state index contributed by atoms with van der Waals surface area (Å²) in [7, 11) is 0. The van der Waals surface area contributed by atoms with Crippen molar-refractivity contribution in [3.05, 3.63) is 0 Å². The second-order valence-corrected chi connectivity index (χ2v) is 7.47. The van der Waals surface area contributed by atoms with Gasteiger partial charge in [-0.25, -0.2) is 0 Å². The van der Waals surface area contributed by atoms with Gasteiger partial charge in [-0.05, 0) is 37.5 Å². The SMILES string of the molecule is CCCCNC(=O)C(CC(O)CCC1CCCCC1)C(C)C. The molecule has 0 aromatic rings. The lowest BCUT2D eigenvalue weighted by Gasteiger charge is -2.25. The number of carbonyl (C=O) groups is 1. The molecule has 0 bridgehead atoms. The Labute approximate surface area is 137 Å². The number of nitrogens with one attached hydrogen (secondary N) is 1. The summed E-state index contributed by atoms with van der Waals surface area (Å²) in [5.41, 5.74) is 0. The molecule has 1 aliphatic carbocycles. The maximum atomic E-state index is 12.3. The number of unbranched alkanes of at least 4 members (excludes halogenated alkanes) is 1. The van der Waals surface area contributed by atoms with E-state index in [-0.39, 0.29) is 23.8 Å². The third-order valence-electron chi connectivity index (χ3n) is 5.13. The minimum atomic E-state index is -0.328. The van der Waals surface area contributed by atoms with Crippen LogP contribution in [-0.2, 0) is 4.79 Å². The van der Waals surface area contributed by atoms with Gasteiger partial charge in [-0.15, -0.1) is 0 Å². The van der Waals surface area contributed by atoms with Crippen LogP contribution >= 0.6 is 0 Å². The molecule has 0 aromatic carbocycles. The Morgan fingerprint density at radius 2 is 1.91 bits per heavy atom. The molecule has 3 nitrogen and oxygen atoms in total. The molecule has 1 amide bonds. The van der Waals surface area contributed by atoms with Crippen molar-refractivity contribution < 1.29 is 9.90 Å². The number of aliphatic hydroxyl groups is 1. The molecule has 2 atom stereocenters. The number of hydrogen-bond acceptors (Lipinski definition) is 2. The highest BCUT2D eigenvalue weighted by Gasteiger charge is 2.25. The van der Waals surface area contributed by atoms with E-state index in [9.17, 15) is 9.90 Å². The summed E-state index contributed by atoms with van der Waals surface area (Å²) in [5.74, 6) is 1.16. The molecule has 2 unspecified atom stereocenters. The van der Waals surface area contributed by atoms with Gasteiger partial charge >= 0.3 is 0 Å². The Morgan fingerprint density at radius 3 is 2.50 bits per heavy atom. The standard InChI is InChI=1S/C19H37NO2/c1-4-5-13-20-19(22)18(15(2)3)14-17(21)12-11-16-9-7-6-8-10-16/h15-18,21H,4-14H2,1-3H3,(H,20,22). The molecule has 1 aliphatic rings. The zero-order valence-corrected chi connectivity index (χ0v) is 14.9. The van der Waals surface area contributed by atoms with Crippen molar-refractivity contribution in [1.29, 1.82) is 0 Å². The van der Waals surface area contributed by atoms with Crippen LogP contribution in [-0.4, -0.2) is 23.7 Å². The Balaban J connectivity index is 2.32. The Kier molecular flexibility index (Phi) is 9.77. The lowest BCUT2D eigenvalue weighted by molar-refractivity contribution is -0.127. The molecular formula is C19H37NO2. The molecular weight excluding hydrogens is 274 g/mol. The van der Waals surface area contributed by atoms with E-state index in [1.807, 2.05) is 0 Å². The first-order valence-electron chi connectivity index (χ1n) is 9.50. The average molecular weight is 312 g/mol. The highest BCUT2D eigenvalue weighted by atomic mass is 16.3. The molecule has 2 N–H and O–H groups in total. The van der Waals surface area contributed by atoms with Gasteiger partial charge in [0, 0.05) is 12.5 Å². The van der Waals surface area contributed by atoms with Gasteiger partial charge in [0.05, 0.1) is 6.10 Å². The molecule has 0 saturated heterocycles. The molecule has 1 fully saturated rings. The highest BCUT2D eigenvalue weighted by molar-refractivity contribution is 5.78. The molecule has 0 aliphatic heterocycles. The summed E-state index contributed by atoms with van der Waals surface area (Å²) in [5, 5.41) is 13.4. The fourth-order valence-electron chi connectivity index (χ4n) is 3.52. The lowest BCUT2D eigenvalue weighted by atomic mass is 9.83. The molecule has 0 heterocycles. The minimum absolute atomic E-state index is 0.0572. The van der Waals surface area contributed by atoms with Gasteiger partial charge in [-0.1, -0.05) is 59.3 Å². The van der Waals surface area contributed by atoms with Gasteiger partial charge in [0.25, 0.3) is 0 Å². The minimum Gasteiger partial charge on any atom is -0.393 e. The highest BCUT2D eigenvalue weighted by Crippen LogP contribution is 2.29. The van der Waals surface area contributed by atoms with Crippen molar-refractivity contribution in [3.8, 4) is 0 Å². The van der Waals surface area contributed by atoms with Gasteiger partial charge in [0.15, 0.2) is 0 Å². The van der Waals surface area contributed by atoms with Crippen molar-refractivity contribution >= 4 is 5.91 Å². The van der Waals surface area contributed by atoms with Crippen LogP contribution < -0.4 is 5.32 Å². The second kappa shape index (κ2) is 11.0. The van der Waals surface area contributed by atoms with Crippen LogP contribution in [0.2, 0.25) is 0 Å². The molecule has 130 valence electrons. The fraction of sp³-hybridized carbons (Fsp3) is 0.947. The van der Waals surface area contributed by atoms with Crippen molar-refractivity contribution in [3.63, 3.8) is 0 Å².